The van der Waals surface area contributed by atoms with Crippen LogP contribution in [0.1, 0.15) is 5.69 Å². The third kappa shape index (κ3) is 1.14. The molecule has 1 aromatic rings. The van der Waals surface area contributed by atoms with Gasteiger partial charge in [-0.2, -0.15) is 5.10 Å². The first-order chi connectivity index (χ1) is 5.47. The molecular formula is C7H6N4. The first kappa shape index (κ1) is 6.15. The molecule has 0 radical (unpaired) electrons. The van der Waals surface area contributed by atoms with Gasteiger partial charge in [0, 0.05) is 12.4 Å². The summed E-state index contributed by atoms with van der Waals surface area (Å²) in [5.74, 6) is 0.679. The Morgan fingerprint density at radius 1 is 1.36 bits per heavy atom. The first-order valence-corrected chi connectivity index (χ1v) is 3.32. The van der Waals surface area contributed by atoms with Gasteiger partial charge in [0.05, 0.1) is 6.54 Å². The third-order valence-corrected chi connectivity index (χ3v) is 1.34. The van der Waals surface area contributed by atoms with E-state index in [9.17, 15) is 0 Å². The molecule has 0 saturated heterocycles. The summed E-state index contributed by atoms with van der Waals surface area (Å²) in [5.41, 5.74) is 0.737. The zero-order chi connectivity index (χ0) is 7.52. The van der Waals surface area contributed by atoms with Gasteiger partial charge < -0.3 is 0 Å². The standard InChI is InChI=1S/C7H6N4/c1-2-6(11-10-3-1)7-8-4-5-9-7/h1-4H,5H2. The van der Waals surface area contributed by atoms with Crippen LogP contribution in [-0.2, 0) is 0 Å². The second-order valence-electron chi connectivity index (χ2n) is 2.08. The Morgan fingerprint density at radius 2 is 2.36 bits per heavy atom. The van der Waals surface area contributed by atoms with Crippen LogP contribution in [0.3, 0.4) is 0 Å². The van der Waals surface area contributed by atoms with Crippen molar-refractivity contribution >= 4 is 12.1 Å². The monoisotopic (exact) mass is 146 g/mol. The lowest BCUT2D eigenvalue weighted by molar-refractivity contribution is 1.01. The summed E-state index contributed by atoms with van der Waals surface area (Å²) in [4.78, 5) is 8.13. The van der Waals surface area contributed by atoms with Crippen LogP contribution in [0.2, 0.25) is 0 Å². The Bertz CT molecular complexity index is 301. The molecule has 0 N–H and O–H groups in total. The average Bonchev–Trinajstić information content (AvgIpc) is 2.58. The highest BCUT2D eigenvalue weighted by molar-refractivity contribution is 6.04. The first-order valence-electron chi connectivity index (χ1n) is 3.32. The van der Waals surface area contributed by atoms with E-state index in [-0.39, 0.29) is 0 Å². The van der Waals surface area contributed by atoms with E-state index in [1.165, 1.54) is 0 Å². The lowest BCUT2D eigenvalue weighted by Crippen LogP contribution is -1.98. The van der Waals surface area contributed by atoms with Crippen molar-refractivity contribution in [1.82, 2.24) is 10.2 Å². The summed E-state index contributed by atoms with van der Waals surface area (Å²) in [6, 6.07) is 3.66. The number of aromatic nitrogens is 2. The highest BCUT2D eigenvalue weighted by atomic mass is 15.1. The molecular weight excluding hydrogens is 140 g/mol. The fraction of sp³-hybridized carbons (Fsp3) is 0.143. The number of hydrogen-bond acceptors (Lipinski definition) is 4. The fourth-order valence-corrected chi connectivity index (χ4v) is 0.863. The number of amidine groups is 1. The Labute approximate surface area is 63.7 Å². The number of aliphatic imine (C=N–C) groups is 2. The molecule has 0 saturated carbocycles. The second kappa shape index (κ2) is 2.57. The Hall–Kier alpha value is -1.58. The van der Waals surface area contributed by atoms with Crippen molar-refractivity contribution < 1.29 is 0 Å². The van der Waals surface area contributed by atoms with Crippen molar-refractivity contribution in [2.24, 2.45) is 9.98 Å². The number of rotatable bonds is 1. The van der Waals surface area contributed by atoms with Gasteiger partial charge in [-0.25, -0.2) is 4.99 Å². The second-order valence-corrected chi connectivity index (χ2v) is 2.08. The molecule has 0 amide bonds. The maximum Gasteiger partial charge on any atom is 0.175 e. The molecule has 0 spiro atoms. The molecule has 1 aliphatic rings. The van der Waals surface area contributed by atoms with Crippen molar-refractivity contribution in [3.05, 3.63) is 24.0 Å². The topological polar surface area (TPSA) is 50.5 Å². The van der Waals surface area contributed by atoms with Gasteiger partial charge in [0.15, 0.2) is 5.84 Å². The van der Waals surface area contributed by atoms with Gasteiger partial charge in [0.1, 0.15) is 5.69 Å². The summed E-state index contributed by atoms with van der Waals surface area (Å²) in [5, 5.41) is 7.59. The minimum Gasteiger partial charge on any atom is -0.259 e. The maximum absolute atomic E-state index is 4.10. The molecule has 2 heterocycles. The molecule has 0 aliphatic carbocycles. The molecule has 0 aromatic carbocycles. The van der Waals surface area contributed by atoms with E-state index in [0.717, 1.165) is 5.69 Å². The lowest BCUT2D eigenvalue weighted by atomic mass is 10.4. The van der Waals surface area contributed by atoms with Crippen LogP contribution < -0.4 is 0 Å². The van der Waals surface area contributed by atoms with Crippen molar-refractivity contribution in [2.45, 2.75) is 0 Å². The average molecular weight is 146 g/mol. The molecule has 0 fully saturated rings. The van der Waals surface area contributed by atoms with Crippen molar-refractivity contribution in [2.75, 3.05) is 6.54 Å². The van der Waals surface area contributed by atoms with Gasteiger partial charge >= 0.3 is 0 Å². The van der Waals surface area contributed by atoms with E-state index in [1.54, 1.807) is 12.4 Å². The predicted octanol–water partition coefficient (Wildman–Crippen LogP) is 0.308. The summed E-state index contributed by atoms with van der Waals surface area (Å²) in [6.45, 7) is 0.659. The van der Waals surface area contributed by atoms with Crippen LogP contribution in [0.4, 0.5) is 0 Å². The summed E-state index contributed by atoms with van der Waals surface area (Å²) < 4.78 is 0. The molecule has 1 aromatic heterocycles. The van der Waals surface area contributed by atoms with E-state index < -0.39 is 0 Å². The van der Waals surface area contributed by atoms with Crippen molar-refractivity contribution in [3.63, 3.8) is 0 Å². The highest BCUT2D eigenvalue weighted by Gasteiger charge is 2.04. The zero-order valence-corrected chi connectivity index (χ0v) is 5.81. The summed E-state index contributed by atoms with van der Waals surface area (Å²) >= 11 is 0. The molecule has 0 bridgehead atoms. The Balaban J connectivity index is 2.37. The van der Waals surface area contributed by atoms with Crippen LogP contribution in [-0.4, -0.2) is 28.8 Å². The number of hydrogen-bond donors (Lipinski definition) is 0. The van der Waals surface area contributed by atoms with Gasteiger partial charge in [-0.05, 0) is 12.1 Å². The predicted molar refractivity (Wildman–Crippen MR) is 41.9 cm³/mol. The van der Waals surface area contributed by atoms with Crippen molar-refractivity contribution in [1.29, 1.82) is 0 Å². The molecule has 1 aliphatic heterocycles. The fourth-order valence-electron chi connectivity index (χ4n) is 0.863. The Morgan fingerprint density at radius 3 is 3.00 bits per heavy atom. The molecule has 0 atom stereocenters. The summed E-state index contributed by atoms with van der Waals surface area (Å²) in [6.07, 6.45) is 3.38. The van der Waals surface area contributed by atoms with Crippen molar-refractivity contribution in [3.8, 4) is 0 Å². The van der Waals surface area contributed by atoms with E-state index in [0.29, 0.717) is 12.4 Å². The molecule has 11 heavy (non-hydrogen) atoms. The quantitative estimate of drug-likeness (QED) is 0.572. The van der Waals surface area contributed by atoms with Gasteiger partial charge in [-0.15, -0.1) is 5.10 Å². The van der Waals surface area contributed by atoms with Crippen LogP contribution >= 0.6 is 0 Å². The lowest BCUT2D eigenvalue weighted by Gasteiger charge is -1.91. The van der Waals surface area contributed by atoms with Crippen LogP contribution in [0, 0.1) is 0 Å². The van der Waals surface area contributed by atoms with Crippen LogP contribution in [0.15, 0.2) is 28.3 Å². The maximum atomic E-state index is 4.10. The van der Waals surface area contributed by atoms with E-state index in [4.69, 9.17) is 0 Å². The van der Waals surface area contributed by atoms with E-state index in [2.05, 4.69) is 20.2 Å². The van der Waals surface area contributed by atoms with Crippen LogP contribution in [0.25, 0.3) is 0 Å². The molecule has 54 valence electrons. The third-order valence-electron chi connectivity index (χ3n) is 1.34. The van der Waals surface area contributed by atoms with Gasteiger partial charge in [0.2, 0.25) is 0 Å². The SMILES string of the molecule is C1=NC(c2cccnn2)=NC1. The van der Waals surface area contributed by atoms with E-state index >= 15 is 0 Å². The van der Waals surface area contributed by atoms with Gasteiger partial charge in [0.25, 0.3) is 0 Å². The Kier molecular flexibility index (Phi) is 1.44. The van der Waals surface area contributed by atoms with Crippen LogP contribution in [0.5, 0.6) is 0 Å². The minimum atomic E-state index is 0.659. The smallest absolute Gasteiger partial charge is 0.175 e. The largest absolute Gasteiger partial charge is 0.259 e. The minimum absolute atomic E-state index is 0.659. The normalized spacial score (nSPS) is 15.1. The van der Waals surface area contributed by atoms with E-state index in [1.807, 2.05) is 12.1 Å². The molecule has 4 nitrogen and oxygen atoms in total. The molecule has 2 rings (SSSR count). The zero-order valence-electron chi connectivity index (χ0n) is 5.81. The summed E-state index contributed by atoms with van der Waals surface area (Å²) in [7, 11) is 0. The van der Waals surface area contributed by atoms with Gasteiger partial charge in [-0.3, -0.25) is 4.99 Å². The highest BCUT2D eigenvalue weighted by Crippen LogP contribution is 1.99. The molecule has 0 unspecified atom stereocenters. The van der Waals surface area contributed by atoms with Gasteiger partial charge in [-0.1, -0.05) is 0 Å². The number of nitrogens with zero attached hydrogens (tertiary/aromatic N) is 4. The molecule has 4 heteroatoms.